The van der Waals surface area contributed by atoms with E-state index in [0.29, 0.717) is 12.0 Å². The van der Waals surface area contributed by atoms with Gasteiger partial charge in [0.2, 0.25) is 0 Å². The smallest absolute Gasteiger partial charge is 0.0114 e. The lowest BCUT2D eigenvalue weighted by molar-refractivity contribution is 0.121. The van der Waals surface area contributed by atoms with Gasteiger partial charge in [-0.3, -0.25) is 4.90 Å². The molecule has 0 radical (unpaired) electrons. The van der Waals surface area contributed by atoms with Crippen LogP contribution < -0.4 is 5.73 Å². The van der Waals surface area contributed by atoms with Gasteiger partial charge in [-0.2, -0.15) is 0 Å². The van der Waals surface area contributed by atoms with Crippen LogP contribution in [0.5, 0.6) is 0 Å². The van der Waals surface area contributed by atoms with E-state index in [1.165, 1.54) is 37.8 Å². The highest BCUT2D eigenvalue weighted by Crippen LogP contribution is 2.36. The fourth-order valence-electron chi connectivity index (χ4n) is 3.82. The van der Waals surface area contributed by atoms with E-state index in [0.717, 1.165) is 12.1 Å². The summed E-state index contributed by atoms with van der Waals surface area (Å²) in [7, 11) is 0. The van der Waals surface area contributed by atoms with Gasteiger partial charge in [0, 0.05) is 24.7 Å². The molecule has 98 valence electrons. The van der Waals surface area contributed by atoms with Gasteiger partial charge in [-0.1, -0.05) is 37.3 Å². The molecule has 0 aromatic heterocycles. The number of hydrogen-bond donors (Lipinski definition) is 1. The Kier molecular flexibility index (Phi) is 3.40. The molecule has 2 bridgehead atoms. The Labute approximate surface area is 110 Å². The minimum absolute atomic E-state index is 0.450. The molecule has 2 fully saturated rings. The normalized spacial score (nSPS) is 33.6. The topological polar surface area (TPSA) is 29.3 Å². The van der Waals surface area contributed by atoms with Crippen LogP contribution in [0, 0.1) is 0 Å². The molecule has 2 heterocycles. The van der Waals surface area contributed by atoms with Crippen LogP contribution in [0.25, 0.3) is 0 Å². The first-order chi connectivity index (χ1) is 8.74. The fourth-order valence-corrected chi connectivity index (χ4v) is 3.82. The molecule has 0 aliphatic carbocycles. The molecule has 2 aliphatic rings. The molecule has 0 amide bonds. The van der Waals surface area contributed by atoms with Crippen LogP contribution >= 0.6 is 0 Å². The molecule has 0 spiro atoms. The Morgan fingerprint density at radius 3 is 2.39 bits per heavy atom. The van der Waals surface area contributed by atoms with E-state index in [1.54, 1.807) is 0 Å². The van der Waals surface area contributed by atoms with Gasteiger partial charge in [-0.25, -0.2) is 0 Å². The molecule has 1 aromatic rings. The van der Waals surface area contributed by atoms with E-state index in [2.05, 4.69) is 42.2 Å². The van der Waals surface area contributed by atoms with E-state index in [1.807, 2.05) is 0 Å². The van der Waals surface area contributed by atoms with Gasteiger partial charge < -0.3 is 5.73 Å². The molecular weight excluding hydrogens is 220 g/mol. The molecule has 1 aromatic carbocycles. The van der Waals surface area contributed by atoms with Crippen LogP contribution in [0.2, 0.25) is 0 Å². The lowest BCUT2D eigenvalue weighted by atomic mass is 9.94. The highest BCUT2D eigenvalue weighted by molar-refractivity contribution is 5.19. The zero-order chi connectivity index (χ0) is 12.5. The van der Waals surface area contributed by atoms with Crippen LogP contribution in [0.4, 0.5) is 0 Å². The predicted molar refractivity (Wildman–Crippen MR) is 75.6 cm³/mol. The molecule has 2 N–H and O–H groups in total. The summed E-state index contributed by atoms with van der Waals surface area (Å²) < 4.78 is 0. The summed E-state index contributed by atoms with van der Waals surface area (Å²) in [5, 5.41) is 0. The maximum atomic E-state index is 6.13. The summed E-state index contributed by atoms with van der Waals surface area (Å²) >= 11 is 0. The maximum absolute atomic E-state index is 6.13. The van der Waals surface area contributed by atoms with E-state index < -0.39 is 0 Å². The summed E-state index contributed by atoms with van der Waals surface area (Å²) in [4.78, 5) is 2.74. The first-order valence-corrected chi connectivity index (χ1v) is 7.30. The van der Waals surface area contributed by atoms with Crippen molar-refractivity contribution in [1.29, 1.82) is 0 Å². The largest absolute Gasteiger partial charge is 0.328 e. The van der Waals surface area contributed by atoms with Crippen molar-refractivity contribution in [2.45, 2.75) is 56.7 Å². The SMILES string of the molecule is CC(CN1C2CCC1CC(N)C2)c1ccccc1. The van der Waals surface area contributed by atoms with Gasteiger partial charge in [0.1, 0.15) is 0 Å². The number of rotatable bonds is 3. The highest BCUT2D eigenvalue weighted by Gasteiger charge is 2.39. The monoisotopic (exact) mass is 244 g/mol. The van der Waals surface area contributed by atoms with E-state index >= 15 is 0 Å². The van der Waals surface area contributed by atoms with E-state index in [-0.39, 0.29) is 0 Å². The molecular formula is C16H24N2. The second kappa shape index (κ2) is 5.02. The lowest BCUT2D eigenvalue weighted by Crippen LogP contribution is -2.48. The third-order valence-electron chi connectivity index (χ3n) is 4.77. The molecule has 2 aliphatic heterocycles. The van der Waals surface area contributed by atoms with Gasteiger partial charge in [0.25, 0.3) is 0 Å². The lowest BCUT2D eigenvalue weighted by Gasteiger charge is -2.39. The van der Waals surface area contributed by atoms with Gasteiger partial charge in [0.15, 0.2) is 0 Å². The van der Waals surface area contributed by atoms with Crippen molar-refractivity contribution >= 4 is 0 Å². The Bertz CT molecular complexity index is 375. The molecule has 3 atom stereocenters. The quantitative estimate of drug-likeness (QED) is 0.886. The number of nitrogens with zero attached hydrogens (tertiary/aromatic N) is 1. The minimum atomic E-state index is 0.450. The number of nitrogens with two attached hydrogens (primary N) is 1. The van der Waals surface area contributed by atoms with Crippen molar-refractivity contribution in [2.24, 2.45) is 5.73 Å². The third kappa shape index (κ3) is 2.32. The van der Waals surface area contributed by atoms with Crippen molar-refractivity contribution in [3.63, 3.8) is 0 Å². The summed E-state index contributed by atoms with van der Waals surface area (Å²) in [5.74, 6) is 0.628. The summed E-state index contributed by atoms with van der Waals surface area (Å²) in [5.41, 5.74) is 7.60. The van der Waals surface area contributed by atoms with Crippen molar-refractivity contribution in [3.05, 3.63) is 35.9 Å². The Morgan fingerprint density at radius 1 is 1.17 bits per heavy atom. The minimum Gasteiger partial charge on any atom is -0.328 e. The molecule has 3 unspecified atom stereocenters. The average Bonchev–Trinajstić information content (AvgIpc) is 2.62. The number of hydrogen-bond acceptors (Lipinski definition) is 2. The molecule has 2 heteroatoms. The van der Waals surface area contributed by atoms with Crippen LogP contribution in [-0.4, -0.2) is 29.6 Å². The Balaban J connectivity index is 1.67. The van der Waals surface area contributed by atoms with Crippen molar-refractivity contribution < 1.29 is 0 Å². The van der Waals surface area contributed by atoms with Crippen LogP contribution in [0.3, 0.4) is 0 Å². The number of fused-ring (bicyclic) bond motifs is 2. The first-order valence-electron chi connectivity index (χ1n) is 7.30. The fraction of sp³-hybridized carbons (Fsp3) is 0.625. The predicted octanol–water partition coefficient (Wildman–Crippen LogP) is 2.74. The second-order valence-electron chi connectivity index (χ2n) is 6.13. The molecule has 18 heavy (non-hydrogen) atoms. The van der Waals surface area contributed by atoms with Crippen LogP contribution in [0.15, 0.2) is 30.3 Å². The molecule has 2 nitrogen and oxygen atoms in total. The highest BCUT2D eigenvalue weighted by atomic mass is 15.2. The molecule has 2 saturated heterocycles. The second-order valence-corrected chi connectivity index (χ2v) is 6.13. The third-order valence-corrected chi connectivity index (χ3v) is 4.77. The van der Waals surface area contributed by atoms with Crippen LogP contribution in [-0.2, 0) is 0 Å². The summed E-state index contributed by atoms with van der Waals surface area (Å²) in [6.07, 6.45) is 5.13. The maximum Gasteiger partial charge on any atom is 0.0114 e. The zero-order valence-corrected chi connectivity index (χ0v) is 11.3. The van der Waals surface area contributed by atoms with E-state index in [9.17, 15) is 0 Å². The number of piperidine rings is 1. The molecule has 3 rings (SSSR count). The van der Waals surface area contributed by atoms with Crippen molar-refractivity contribution in [2.75, 3.05) is 6.54 Å². The first kappa shape index (κ1) is 12.2. The van der Waals surface area contributed by atoms with Gasteiger partial charge in [-0.15, -0.1) is 0 Å². The average molecular weight is 244 g/mol. The van der Waals surface area contributed by atoms with E-state index in [4.69, 9.17) is 5.73 Å². The van der Waals surface area contributed by atoms with Crippen molar-refractivity contribution in [1.82, 2.24) is 4.90 Å². The summed E-state index contributed by atoms with van der Waals surface area (Å²) in [6.45, 7) is 3.55. The van der Waals surface area contributed by atoms with Gasteiger partial charge in [-0.05, 0) is 37.2 Å². The Morgan fingerprint density at radius 2 is 1.78 bits per heavy atom. The van der Waals surface area contributed by atoms with Gasteiger partial charge >= 0.3 is 0 Å². The van der Waals surface area contributed by atoms with Gasteiger partial charge in [0.05, 0.1) is 0 Å². The standard InChI is InChI=1S/C16H24N2/c1-12(13-5-3-2-4-6-13)11-18-15-7-8-16(18)10-14(17)9-15/h2-6,12,14-16H,7-11,17H2,1H3. The Hall–Kier alpha value is -0.860. The van der Waals surface area contributed by atoms with Crippen LogP contribution in [0.1, 0.15) is 44.1 Å². The summed E-state index contributed by atoms with van der Waals surface area (Å²) in [6, 6.07) is 12.9. The number of benzene rings is 1. The van der Waals surface area contributed by atoms with Crippen molar-refractivity contribution in [3.8, 4) is 0 Å². The molecule has 0 saturated carbocycles. The zero-order valence-electron chi connectivity index (χ0n) is 11.3.